The van der Waals surface area contributed by atoms with Crippen molar-refractivity contribution in [3.63, 3.8) is 0 Å². The lowest BCUT2D eigenvalue weighted by Crippen LogP contribution is -2.24. The number of carbonyl (C=O) groups is 1. The maximum Gasteiger partial charge on any atom is 0.195 e. The smallest absolute Gasteiger partial charge is 0.195 e. The van der Waals surface area contributed by atoms with Crippen molar-refractivity contribution in [1.29, 1.82) is 0 Å². The van der Waals surface area contributed by atoms with Gasteiger partial charge in [0.25, 0.3) is 0 Å². The normalized spacial score (nSPS) is 11.9. The molecule has 4 aromatic rings. The monoisotopic (exact) mass is 494 g/mol. The number of hydrogen-bond donors (Lipinski definition) is 3. The Kier molecular flexibility index (Phi) is 9.28. The summed E-state index contributed by atoms with van der Waals surface area (Å²) in [6, 6.07) is 28.4. The summed E-state index contributed by atoms with van der Waals surface area (Å²) in [5.41, 5.74) is 13.9. The summed E-state index contributed by atoms with van der Waals surface area (Å²) in [5.74, 6) is -0.111. The van der Waals surface area contributed by atoms with E-state index in [4.69, 9.17) is 34.7 Å². The minimum Gasteiger partial charge on any atom is -0.398 e. The zero-order valence-corrected chi connectivity index (χ0v) is 19.5. The van der Waals surface area contributed by atoms with Gasteiger partial charge in [0.05, 0.1) is 0 Å². The molecular formula is C28H28Cl2N2O2. The van der Waals surface area contributed by atoms with Crippen molar-refractivity contribution in [2.75, 3.05) is 11.5 Å². The lowest BCUT2D eigenvalue weighted by atomic mass is 9.87. The first-order chi connectivity index (χ1) is 15.7. The molecule has 176 valence electrons. The Balaban J connectivity index is 0.000000234. The molecule has 0 radical (unpaired) electrons. The van der Waals surface area contributed by atoms with Gasteiger partial charge in [-0.05, 0) is 48.9 Å². The summed E-state index contributed by atoms with van der Waals surface area (Å²) in [7, 11) is 0. The van der Waals surface area contributed by atoms with Crippen LogP contribution in [-0.2, 0) is 5.60 Å². The predicted octanol–water partition coefficient (Wildman–Crippen LogP) is 6.97. The van der Waals surface area contributed by atoms with Crippen LogP contribution >= 0.6 is 23.2 Å². The number of nitrogen functional groups attached to an aromatic ring is 2. The molecule has 0 bridgehead atoms. The zero-order valence-electron chi connectivity index (χ0n) is 18.0. The number of hydrogen-bond acceptors (Lipinski definition) is 4. The Bertz CT molecular complexity index is 1240. The van der Waals surface area contributed by atoms with E-state index in [0.717, 1.165) is 5.56 Å². The van der Waals surface area contributed by atoms with E-state index < -0.39 is 5.60 Å². The van der Waals surface area contributed by atoms with Gasteiger partial charge in [-0.2, -0.15) is 0 Å². The maximum atomic E-state index is 12.1. The highest BCUT2D eigenvalue weighted by atomic mass is 35.5. The first kappa shape index (κ1) is 26.9. The minimum absolute atomic E-state index is 0. The van der Waals surface area contributed by atoms with Crippen molar-refractivity contribution >= 4 is 40.4 Å². The number of benzene rings is 4. The van der Waals surface area contributed by atoms with E-state index in [1.54, 1.807) is 55.5 Å². The van der Waals surface area contributed by atoms with Gasteiger partial charge in [0.2, 0.25) is 0 Å². The molecule has 1 unspecified atom stereocenters. The highest BCUT2D eigenvalue weighted by Crippen LogP contribution is 2.34. The summed E-state index contributed by atoms with van der Waals surface area (Å²) in [6.45, 7) is 1.71. The summed E-state index contributed by atoms with van der Waals surface area (Å²) in [6.07, 6.45) is 0. The minimum atomic E-state index is -1.14. The Hall–Kier alpha value is -3.31. The molecule has 0 aliphatic carbocycles. The molecule has 34 heavy (non-hydrogen) atoms. The van der Waals surface area contributed by atoms with Crippen molar-refractivity contribution < 1.29 is 9.90 Å². The van der Waals surface area contributed by atoms with Crippen LogP contribution in [-0.4, -0.2) is 10.9 Å². The van der Waals surface area contributed by atoms with Crippen LogP contribution in [0.25, 0.3) is 0 Å². The van der Waals surface area contributed by atoms with Gasteiger partial charge in [-0.25, -0.2) is 0 Å². The van der Waals surface area contributed by atoms with Crippen LogP contribution in [0.1, 0.15) is 41.4 Å². The Morgan fingerprint density at radius 2 is 1.26 bits per heavy atom. The largest absolute Gasteiger partial charge is 0.398 e. The fraction of sp³-hybridized carbons (Fsp3) is 0.107. The summed E-state index contributed by atoms with van der Waals surface area (Å²) < 4.78 is 0. The van der Waals surface area contributed by atoms with Crippen molar-refractivity contribution in [3.8, 4) is 0 Å². The molecule has 0 saturated carbocycles. The Morgan fingerprint density at radius 1 is 0.765 bits per heavy atom. The first-order valence-electron chi connectivity index (χ1n) is 10.2. The molecule has 0 heterocycles. The lowest BCUT2D eigenvalue weighted by Gasteiger charge is -2.26. The fourth-order valence-corrected chi connectivity index (χ4v) is 3.68. The van der Waals surface area contributed by atoms with E-state index in [-0.39, 0.29) is 13.2 Å². The second-order valence-electron chi connectivity index (χ2n) is 7.60. The molecule has 6 heteroatoms. The highest BCUT2D eigenvalue weighted by molar-refractivity contribution is 6.31. The molecule has 0 aliphatic heterocycles. The second-order valence-corrected chi connectivity index (χ2v) is 8.47. The number of aliphatic hydroxyl groups is 1. The number of carbonyl (C=O) groups excluding carboxylic acids is 1. The lowest BCUT2D eigenvalue weighted by molar-refractivity contribution is 0.103. The number of nitrogens with two attached hydrogens (primary N) is 2. The number of anilines is 2. The Labute approximate surface area is 210 Å². The van der Waals surface area contributed by atoms with Crippen molar-refractivity contribution in [2.24, 2.45) is 0 Å². The quantitative estimate of drug-likeness (QED) is 0.211. The van der Waals surface area contributed by atoms with Crippen LogP contribution in [0, 0.1) is 0 Å². The van der Waals surface area contributed by atoms with Gasteiger partial charge in [0, 0.05) is 38.1 Å². The molecule has 0 fully saturated rings. The van der Waals surface area contributed by atoms with E-state index in [2.05, 4.69) is 0 Å². The third kappa shape index (κ3) is 6.39. The van der Waals surface area contributed by atoms with Crippen LogP contribution in [0.2, 0.25) is 10.0 Å². The average Bonchev–Trinajstić information content (AvgIpc) is 2.83. The number of rotatable bonds is 4. The van der Waals surface area contributed by atoms with E-state index in [0.29, 0.717) is 38.1 Å². The first-order valence-corrected chi connectivity index (χ1v) is 10.9. The maximum absolute atomic E-state index is 12.1. The molecule has 4 aromatic carbocycles. The third-order valence-electron chi connectivity index (χ3n) is 5.17. The second kappa shape index (κ2) is 11.7. The van der Waals surface area contributed by atoms with E-state index in [1.165, 1.54) is 0 Å². The van der Waals surface area contributed by atoms with Crippen LogP contribution in [0.3, 0.4) is 0 Å². The zero-order chi connectivity index (χ0) is 24.0. The summed E-state index contributed by atoms with van der Waals surface area (Å²) in [5, 5.41) is 11.7. The third-order valence-corrected chi connectivity index (χ3v) is 5.64. The Morgan fingerprint density at radius 3 is 1.85 bits per heavy atom. The molecule has 1 atom stereocenters. The van der Waals surface area contributed by atoms with Crippen LogP contribution in [0.5, 0.6) is 0 Å². The van der Waals surface area contributed by atoms with Crippen LogP contribution < -0.4 is 11.5 Å². The molecule has 0 spiro atoms. The van der Waals surface area contributed by atoms with Gasteiger partial charge in [-0.15, -0.1) is 0 Å². The van der Waals surface area contributed by atoms with Gasteiger partial charge in [-0.1, -0.05) is 91.3 Å². The predicted molar refractivity (Wildman–Crippen MR) is 143 cm³/mol. The van der Waals surface area contributed by atoms with Crippen molar-refractivity contribution in [2.45, 2.75) is 20.0 Å². The summed E-state index contributed by atoms with van der Waals surface area (Å²) >= 11 is 11.8. The number of halogens is 2. The molecule has 4 nitrogen and oxygen atoms in total. The molecule has 0 saturated heterocycles. The molecule has 0 amide bonds. The van der Waals surface area contributed by atoms with Crippen LogP contribution in [0.15, 0.2) is 97.1 Å². The topological polar surface area (TPSA) is 89.3 Å². The molecule has 0 aliphatic rings. The number of ketones is 1. The van der Waals surface area contributed by atoms with Crippen LogP contribution in [0.4, 0.5) is 11.4 Å². The van der Waals surface area contributed by atoms with E-state index in [1.807, 2.05) is 48.5 Å². The molecule has 0 aromatic heterocycles. The highest BCUT2D eigenvalue weighted by Gasteiger charge is 2.27. The van der Waals surface area contributed by atoms with Crippen molar-refractivity contribution in [3.05, 3.63) is 129 Å². The molecule has 5 N–H and O–H groups in total. The van der Waals surface area contributed by atoms with E-state index in [9.17, 15) is 9.90 Å². The van der Waals surface area contributed by atoms with Crippen molar-refractivity contribution in [1.82, 2.24) is 0 Å². The summed E-state index contributed by atoms with van der Waals surface area (Å²) in [4.78, 5) is 12.1. The van der Waals surface area contributed by atoms with E-state index >= 15 is 0 Å². The van der Waals surface area contributed by atoms with Gasteiger partial charge in [0.1, 0.15) is 5.60 Å². The molecule has 4 rings (SSSR count). The van der Waals surface area contributed by atoms with Gasteiger partial charge in [-0.3, -0.25) is 4.79 Å². The average molecular weight is 495 g/mol. The van der Waals surface area contributed by atoms with Gasteiger partial charge >= 0.3 is 0 Å². The fourth-order valence-electron chi connectivity index (χ4n) is 3.34. The van der Waals surface area contributed by atoms with Gasteiger partial charge < -0.3 is 16.6 Å². The SMILES string of the molecule is C.CC(O)(c1ccccc1)c1cc(Cl)ccc1N.Nc1ccc(Cl)cc1C(=O)c1ccccc1. The standard InChI is InChI=1S/C14H14ClNO.C13H10ClNO.CH4/c1-14(17,10-5-3-2-4-6-10)12-9-11(15)7-8-13(12)16;14-10-6-7-12(15)11(8-10)13(16)9-4-2-1-3-5-9;/h2-9,17H,16H2,1H3;1-8H,15H2;1H4. The van der Waals surface area contributed by atoms with Gasteiger partial charge in [0.15, 0.2) is 5.78 Å². The molecular weight excluding hydrogens is 467 g/mol.